The van der Waals surface area contributed by atoms with Gasteiger partial charge in [-0.3, -0.25) is 4.79 Å². The minimum atomic E-state index is -1.21. The van der Waals surface area contributed by atoms with Gasteiger partial charge in [0.25, 0.3) is 0 Å². The molecule has 5 nitrogen and oxygen atoms in total. The van der Waals surface area contributed by atoms with Crippen molar-refractivity contribution >= 4 is 11.9 Å². The van der Waals surface area contributed by atoms with Crippen molar-refractivity contribution in [3.63, 3.8) is 0 Å². The molecule has 1 aromatic carbocycles. The molecule has 2 N–H and O–H groups in total. The number of aromatic carboxylic acids is 1. The number of hydrogen-bond acceptors (Lipinski definition) is 3. The van der Waals surface area contributed by atoms with Gasteiger partial charge in [-0.25, -0.2) is 9.18 Å². The van der Waals surface area contributed by atoms with Gasteiger partial charge in [0, 0.05) is 6.54 Å². The standard InChI is InChI=1S/C12H14FNO4/c1-2-14-11(15)5-6-18-10-4-3-8(12(16)17)7-9(10)13/h3-4,7H,2,5-6H2,1H3,(H,14,15)(H,16,17). The minimum absolute atomic E-state index is 0.0369. The van der Waals surface area contributed by atoms with Crippen LogP contribution in [0.15, 0.2) is 18.2 Å². The predicted octanol–water partition coefficient (Wildman–Crippen LogP) is 1.43. The molecule has 0 saturated heterocycles. The minimum Gasteiger partial charge on any atom is -0.490 e. The number of carboxylic acids is 1. The zero-order chi connectivity index (χ0) is 13.5. The molecule has 0 bridgehead atoms. The molecule has 0 aliphatic rings. The molecule has 0 spiro atoms. The van der Waals surface area contributed by atoms with Crippen LogP contribution in [0.25, 0.3) is 0 Å². The summed E-state index contributed by atoms with van der Waals surface area (Å²) in [5.74, 6) is -2.21. The third-order valence-corrected chi connectivity index (χ3v) is 2.14. The Morgan fingerprint density at radius 1 is 1.44 bits per heavy atom. The fraction of sp³-hybridized carbons (Fsp3) is 0.333. The fourth-order valence-corrected chi connectivity index (χ4v) is 1.29. The van der Waals surface area contributed by atoms with Crippen molar-refractivity contribution in [3.8, 4) is 5.75 Å². The number of amides is 1. The molecule has 0 aliphatic heterocycles. The van der Waals surface area contributed by atoms with Crippen molar-refractivity contribution in [2.24, 2.45) is 0 Å². The summed E-state index contributed by atoms with van der Waals surface area (Å²) in [5.41, 5.74) is -0.149. The predicted molar refractivity (Wildman–Crippen MR) is 62.2 cm³/mol. The van der Waals surface area contributed by atoms with E-state index in [1.807, 2.05) is 0 Å². The molecule has 0 unspecified atom stereocenters. The summed E-state index contributed by atoms with van der Waals surface area (Å²) in [5, 5.41) is 11.2. The molecule has 0 heterocycles. The van der Waals surface area contributed by atoms with Crippen LogP contribution in [0, 0.1) is 5.82 Å². The molecule has 0 fully saturated rings. The fourth-order valence-electron chi connectivity index (χ4n) is 1.29. The maximum atomic E-state index is 13.4. The van der Waals surface area contributed by atoms with Gasteiger partial charge in [-0.05, 0) is 25.1 Å². The van der Waals surface area contributed by atoms with Crippen LogP contribution in [0.1, 0.15) is 23.7 Å². The lowest BCUT2D eigenvalue weighted by Crippen LogP contribution is -2.24. The number of hydrogen-bond donors (Lipinski definition) is 2. The summed E-state index contributed by atoms with van der Waals surface area (Å²) >= 11 is 0. The average Bonchev–Trinajstić information content (AvgIpc) is 2.31. The largest absolute Gasteiger partial charge is 0.490 e. The third kappa shape index (κ3) is 4.04. The van der Waals surface area contributed by atoms with E-state index in [0.717, 1.165) is 6.07 Å². The Morgan fingerprint density at radius 2 is 2.17 bits per heavy atom. The highest BCUT2D eigenvalue weighted by atomic mass is 19.1. The zero-order valence-electron chi connectivity index (χ0n) is 9.90. The van der Waals surface area contributed by atoms with Gasteiger partial charge >= 0.3 is 5.97 Å². The number of benzene rings is 1. The maximum Gasteiger partial charge on any atom is 0.335 e. The van der Waals surface area contributed by atoms with Crippen LogP contribution in [0.3, 0.4) is 0 Å². The second kappa shape index (κ2) is 6.58. The first kappa shape index (κ1) is 14.0. The Labute approximate surface area is 104 Å². The van der Waals surface area contributed by atoms with Crippen molar-refractivity contribution in [2.75, 3.05) is 13.2 Å². The van der Waals surface area contributed by atoms with Crippen molar-refractivity contribution < 1.29 is 23.8 Å². The maximum absolute atomic E-state index is 13.4. The highest BCUT2D eigenvalue weighted by Gasteiger charge is 2.09. The summed E-state index contributed by atoms with van der Waals surface area (Å²) in [7, 11) is 0. The van der Waals surface area contributed by atoms with Gasteiger partial charge in [-0.1, -0.05) is 0 Å². The zero-order valence-corrected chi connectivity index (χ0v) is 9.90. The number of nitrogens with one attached hydrogen (secondary N) is 1. The van der Waals surface area contributed by atoms with E-state index in [-0.39, 0.29) is 30.2 Å². The van der Waals surface area contributed by atoms with E-state index >= 15 is 0 Å². The molecule has 98 valence electrons. The highest BCUT2D eigenvalue weighted by molar-refractivity contribution is 5.87. The lowest BCUT2D eigenvalue weighted by atomic mass is 10.2. The number of carboxylic acid groups (broad SMARTS) is 1. The first-order valence-corrected chi connectivity index (χ1v) is 5.47. The summed E-state index contributed by atoms with van der Waals surface area (Å²) in [4.78, 5) is 21.7. The number of rotatable bonds is 6. The van der Waals surface area contributed by atoms with Gasteiger partial charge in [0.05, 0.1) is 18.6 Å². The number of ether oxygens (including phenoxy) is 1. The van der Waals surface area contributed by atoms with Gasteiger partial charge in [0.15, 0.2) is 11.6 Å². The molecule has 1 amide bonds. The van der Waals surface area contributed by atoms with Crippen LogP contribution in [0.4, 0.5) is 4.39 Å². The highest BCUT2D eigenvalue weighted by Crippen LogP contribution is 2.18. The van der Waals surface area contributed by atoms with Crippen LogP contribution in [-0.2, 0) is 4.79 Å². The van der Waals surface area contributed by atoms with E-state index in [9.17, 15) is 14.0 Å². The van der Waals surface area contributed by atoms with Gasteiger partial charge in [0.2, 0.25) is 5.91 Å². The molecule has 0 radical (unpaired) electrons. The van der Waals surface area contributed by atoms with Crippen LogP contribution < -0.4 is 10.1 Å². The molecule has 1 aromatic rings. The first-order chi connectivity index (χ1) is 8.54. The Kier molecular flexibility index (Phi) is 5.10. The van der Waals surface area contributed by atoms with Gasteiger partial charge in [0.1, 0.15) is 0 Å². The van der Waals surface area contributed by atoms with E-state index in [2.05, 4.69) is 5.32 Å². The van der Waals surface area contributed by atoms with Crippen LogP contribution in [-0.4, -0.2) is 30.1 Å². The summed E-state index contributed by atoms with van der Waals surface area (Å²) in [6.45, 7) is 2.36. The SMILES string of the molecule is CCNC(=O)CCOc1ccc(C(=O)O)cc1F. The van der Waals surface area contributed by atoms with E-state index in [1.54, 1.807) is 6.92 Å². The summed E-state index contributed by atoms with van der Waals surface area (Å²) in [6, 6.07) is 3.35. The molecule has 6 heteroatoms. The molecule has 0 aliphatic carbocycles. The van der Waals surface area contributed by atoms with Crippen molar-refractivity contribution in [3.05, 3.63) is 29.6 Å². The molecule has 18 heavy (non-hydrogen) atoms. The lowest BCUT2D eigenvalue weighted by molar-refractivity contribution is -0.121. The average molecular weight is 255 g/mol. The lowest BCUT2D eigenvalue weighted by Gasteiger charge is -2.07. The van der Waals surface area contributed by atoms with Crippen molar-refractivity contribution in [1.82, 2.24) is 5.32 Å². The van der Waals surface area contributed by atoms with Gasteiger partial charge in [-0.15, -0.1) is 0 Å². The smallest absolute Gasteiger partial charge is 0.335 e. The van der Waals surface area contributed by atoms with E-state index in [0.29, 0.717) is 6.54 Å². The quantitative estimate of drug-likeness (QED) is 0.806. The number of carbonyl (C=O) groups excluding carboxylic acids is 1. The molecule has 0 saturated carbocycles. The molecule has 0 aromatic heterocycles. The first-order valence-electron chi connectivity index (χ1n) is 5.47. The van der Waals surface area contributed by atoms with E-state index < -0.39 is 11.8 Å². The Hall–Kier alpha value is -2.11. The van der Waals surface area contributed by atoms with E-state index in [1.165, 1.54) is 12.1 Å². The van der Waals surface area contributed by atoms with Gasteiger partial charge < -0.3 is 15.2 Å². The summed E-state index contributed by atoms with van der Waals surface area (Å²) < 4.78 is 18.5. The molecule has 0 atom stereocenters. The van der Waals surface area contributed by atoms with Gasteiger partial charge in [-0.2, -0.15) is 0 Å². The Balaban J connectivity index is 2.53. The molecular formula is C12H14FNO4. The Bertz CT molecular complexity index is 448. The monoisotopic (exact) mass is 255 g/mol. The van der Waals surface area contributed by atoms with Crippen LogP contribution in [0.2, 0.25) is 0 Å². The van der Waals surface area contributed by atoms with E-state index in [4.69, 9.17) is 9.84 Å². The van der Waals surface area contributed by atoms with Crippen LogP contribution in [0.5, 0.6) is 5.75 Å². The van der Waals surface area contributed by atoms with Crippen LogP contribution >= 0.6 is 0 Å². The third-order valence-electron chi connectivity index (χ3n) is 2.14. The number of carbonyl (C=O) groups is 2. The molecular weight excluding hydrogens is 241 g/mol. The topological polar surface area (TPSA) is 75.6 Å². The second-order valence-electron chi connectivity index (χ2n) is 3.50. The normalized spacial score (nSPS) is 9.89. The Morgan fingerprint density at radius 3 is 2.72 bits per heavy atom. The van der Waals surface area contributed by atoms with Crippen molar-refractivity contribution in [1.29, 1.82) is 0 Å². The second-order valence-corrected chi connectivity index (χ2v) is 3.50. The van der Waals surface area contributed by atoms with Crippen molar-refractivity contribution in [2.45, 2.75) is 13.3 Å². The molecule has 1 rings (SSSR count). The summed E-state index contributed by atoms with van der Waals surface area (Å²) in [6.07, 6.45) is 0.119. The number of halogens is 1.